The van der Waals surface area contributed by atoms with Crippen LogP contribution in [0.25, 0.3) is 0 Å². The van der Waals surface area contributed by atoms with E-state index in [2.05, 4.69) is 10.3 Å². The van der Waals surface area contributed by atoms with Gasteiger partial charge in [-0.3, -0.25) is 4.99 Å². The number of hydrogen-bond acceptors (Lipinski definition) is 4. The molecule has 1 aromatic rings. The number of nitrogens with one attached hydrogen (secondary N) is 1. The van der Waals surface area contributed by atoms with E-state index in [1.54, 1.807) is 24.3 Å². The van der Waals surface area contributed by atoms with E-state index in [1.165, 1.54) is 12.8 Å². The molecular formula is C19H31N3O3S. The molecule has 1 aromatic carbocycles. The van der Waals surface area contributed by atoms with Gasteiger partial charge in [-0.15, -0.1) is 0 Å². The molecule has 7 heteroatoms. The van der Waals surface area contributed by atoms with Crippen LogP contribution < -0.4 is 5.32 Å². The molecule has 0 radical (unpaired) electrons. The molecule has 0 unspecified atom stereocenters. The number of ether oxygens (including phenoxy) is 1. The van der Waals surface area contributed by atoms with Gasteiger partial charge in [-0.1, -0.05) is 18.2 Å². The Kier molecular flexibility index (Phi) is 8.38. The Labute approximate surface area is 157 Å². The summed E-state index contributed by atoms with van der Waals surface area (Å²) >= 11 is 0. The third-order valence-electron chi connectivity index (χ3n) is 4.25. The topological polar surface area (TPSA) is 71.0 Å². The van der Waals surface area contributed by atoms with Crippen molar-refractivity contribution in [3.63, 3.8) is 0 Å². The zero-order valence-corrected chi connectivity index (χ0v) is 16.7. The maximum atomic E-state index is 12.3. The largest absolute Gasteiger partial charge is 0.379 e. The van der Waals surface area contributed by atoms with Gasteiger partial charge in [-0.2, -0.15) is 0 Å². The van der Waals surface area contributed by atoms with Crippen molar-refractivity contribution >= 4 is 15.8 Å². The monoisotopic (exact) mass is 381 g/mol. The first-order valence-corrected chi connectivity index (χ1v) is 11.0. The highest BCUT2D eigenvalue weighted by atomic mass is 32.2. The van der Waals surface area contributed by atoms with Crippen LogP contribution in [0.2, 0.25) is 0 Å². The predicted octanol–water partition coefficient (Wildman–Crippen LogP) is 2.17. The van der Waals surface area contributed by atoms with Crippen LogP contribution in [0.4, 0.5) is 0 Å². The van der Waals surface area contributed by atoms with Crippen molar-refractivity contribution in [1.29, 1.82) is 0 Å². The first-order chi connectivity index (χ1) is 12.5. The normalized spacial score (nSPS) is 15.1. The quantitative estimate of drug-likeness (QED) is 0.361. The van der Waals surface area contributed by atoms with Crippen molar-refractivity contribution in [2.75, 3.05) is 45.6 Å². The van der Waals surface area contributed by atoms with Gasteiger partial charge in [0.1, 0.15) is 0 Å². The van der Waals surface area contributed by atoms with Crippen molar-refractivity contribution in [1.82, 2.24) is 10.2 Å². The molecule has 0 aromatic heterocycles. The summed E-state index contributed by atoms with van der Waals surface area (Å²) in [5.41, 5.74) is 0. The van der Waals surface area contributed by atoms with Gasteiger partial charge in [0.25, 0.3) is 0 Å². The fraction of sp³-hybridized carbons (Fsp3) is 0.632. The molecule has 0 amide bonds. The Balaban J connectivity index is 1.76. The first-order valence-electron chi connectivity index (χ1n) is 9.38. The fourth-order valence-electron chi connectivity index (χ4n) is 2.50. The molecule has 1 aliphatic rings. The second kappa shape index (κ2) is 10.5. The fourth-order valence-corrected chi connectivity index (χ4v) is 3.81. The van der Waals surface area contributed by atoms with Crippen LogP contribution >= 0.6 is 0 Å². The van der Waals surface area contributed by atoms with Crippen LogP contribution in [0.1, 0.15) is 26.2 Å². The molecule has 26 heavy (non-hydrogen) atoms. The Hall–Kier alpha value is -1.60. The number of nitrogens with zero attached hydrogens (tertiary/aromatic N) is 2. The number of benzene rings is 1. The molecule has 0 aliphatic heterocycles. The van der Waals surface area contributed by atoms with Crippen LogP contribution in [-0.4, -0.2) is 64.9 Å². The zero-order valence-electron chi connectivity index (χ0n) is 15.9. The van der Waals surface area contributed by atoms with Crippen molar-refractivity contribution in [2.45, 2.75) is 31.1 Å². The van der Waals surface area contributed by atoms with E-state index in [1.807, 2.05) is 24.9 Å². The molecule has 1 N–H and O–H groups in total. The molecule has 1 saturated carbocycles. The number of rotatable bonds is 11. The Morgan fingerprint density at radius 2 is 2.04 bits per heavy atom. The highest BCUT2D eigenvalue weighted by molar-refractivity contribution is 7.91. The van der Waals surface area contributed by atoms with Gasteiger partial charge in [0.05, 0.1) is 17.3 Å². The van der Waals surface area contributed by atoms with Crippen LogP contribution in [-0.2, 0) is 14.6 Å². The van der Waals surface area contributed by atoms with E-state index in [0.29, 0.717) is 24.5 Å². The van der Waals surface area contributed by atoms with Gasteiger partial charge in [-0.05, 0) is 44.2 Å². The van der Waals surface area contributed by atoms with E-state index >= 15 is 0 Å². The second-order valence-corrected chi connectivity index (χ2v) is 8.77. The van der Waals surface area contributed by atoms with Gasteiger partial charge in [0.2, 0.25) is 0 Å². The Bertz CT molecular complexity index is 658. The summed E-state index contributed by atoms with van der Waals surface area (Å²) in [7, 11) is -1.26. The number of hydrogen-bond donors (Lipinski definition) is 1. The highest BCUT2D eigenvalue weighted by Gasteiger charge is 2.21. The van der Waals surface area contributed by atoms with Crippen LogP contribution in [0.3, 0.4) is 0 Å². The summed E-state index contributed by atoms with van der Waals surface area (Å²) in [5, 5.41) is 3.24. The molecule has 0 heterocycles. The third-order valence-corrected chi connectivity index (χ3v) is 6.07. The van der Waals surface area contributed by atoms with Gasteiger partial charge >= 0.3 is 0 Å². The van der Waals surface area contributed by atoms with Gasteiger partial charge in [-0.25, -0.2) is 8.42 Å². The summed E-state index contributed by atoms with van der Waals surface area (Å²) in [4.78, 5) is 6.95. The van der Waals surface area contributed by atoms with Crippen LogP contribution in [0.5, 0.6) is 0 Å². The van der Waals surface area contributed by atoms with Gasteiger partial charge in [0, 0.05) is 33.3 Å². The lowest BCUT2D eigenvalue weighted by Crippen LogP contribution is -2.40. The van der Waals surface area contributed by atoms with E-state index in [4.69, 9.17) is 4.74 Å². The third kappa shape index (κ3) is 7.33. The molecular weight excluding hydrogens is 350 g/mol. The average Bonchev–Trinajstić information content (AvgIpc) is 3.46. The lowest BCUT2D eigenvalue weighted by molar-refractivity contribution is 0.115. The lowest BCUT2D eigenvalue weighted by atomic mass is 10.4. The van der Waals surface area contributed by atoms with Crippen molar-refractivity contribution in [3.05, 3.63) is 30.3 Å². The lowest BCUT2D eigenvalue weighted by Gasteiger charge is -2.22. The van der Waals surface area contributed by atoms with Crippen molar-refractivity contribution < 1.29 is 13.2 Å². The summed E-state index contributed by atoms with van der Waals surface area (Å²) in [6, 6.07) is 8.58. The summed E-state index contributed by atoms with van der Waals surface area (Å²) in [5.74, 6) is 1.67. The van der Waals surface area contributed by atoms with E-state index in [0.717, 1.165) is 31.6 Å². The van der Waals surface area contributed by atoms with Crippen LogP contribution in [0, 0.1) is 5.92 Å². The zero-order chi connectivity index (χ0) is 18.8. The van der Waals surface area contributed by atoms with Crippen LogP contribution in [0.15, 0.2) is 40.2 Å². The number of aliphatic imine (C=N–C) groups is 1. The van der Waals surface area contributed by atoms with E-state index < -0.39 is 9.84 Å². The average molecular weight is 382 g/mol. The standard InChI is InChI=1S/C19H31N3O3S/c1-3-20-19(22(2)13-14-25-16-17-10-11-17)21-12-7-15-26(23,24)18-8-5-4-6-9-18/h4-6,8-9,17H,3,7,10-16H2,1-2H3,(H,20,21). The molecule has 0 spiro atoms. The van der Waals surface area contributed by atoms with Gasteiger partial charge in [0.15, 0.2) is 15.8 Å². The minimum absolute atomic E-state index is 0.105. The highest BCUT2D eigenvalue weighted by Crippen LogP contribution is 2.28. The molecule has 0 atom stereocenters. The first kappa shape index (κ1) is 20.7. The van der Waals surface area contributed by atoms with E-state index in [-0.39, 0.29) is 5.75 Å². The number of likely N-dealkylation sites (N-methyl/N-ethyl adjacent to an activating group) is 1. The van der Waals surface area contributed by atoms with Crippen molar-refractivity contribution in [2.24, 2.45) is 10.9 Å². The molecule has 1 aliphatic carbocycles. The molecule has 0 bridgehead atoms. The van der Waals surface area contributed by atoms with Gasteiger partial charge < -0.3 is 15.0 Å². The molecule has 146 valence electrons. The maximum absolute atomic E-state index is 12.3. The SMILES string of the molecule is CCNC(=NCCCS(=O)(=O)c1ccccc1)N(C)CCOCC1CC1. The number of sulfone groups is 1. The van der Waals surface area contributed by atoms with E-state index in [9.17, 15) is 8.42 Å². The molecule has 6 nitrogen and oxygen atoms in total. The summed E-state index contributed by atoms with van der Waals surface area (Å²) in [6.07, 6.45) is 3.09. The smallest absolute Gasteiger partial charge is 0.193 e. The minimum Gasteiger partial charge on any atom is -0.379 e. The minimum atomic E-state index is -3.23. The maximum Gasteiger partial charge on any atom is 0.193 e. The molecule has 0 saturated heterocycles. The predicted molar refractivity (Wildman–Crippen MR) is 105 cm³/mol. The Morgan fingerprint density at radius 1 is 1.31 bits per heavy atom. The summed E-state index contributed by atoms with van der Waals surface area (Å²) in [6.45, 7) is 5.57. The summed E-state index contributed by atoms with van der Waals surface area (Å²) < 4.78 is 30.2. The van der Waals surface area contributed by atoms with Crippen molar-refractivity contribution in [3.8, 4) is 0 Å². The second-order valence-electron chi connectivity index (χ2n) is 6.66. The molecule has 2 rings (SSSR count). The number of guanidine groups is 1. The Morgan fingerprint density at radius 3 is 2.69 bits per heavy atom. The molecule has 1 fully saturated rings.